The fraction of sp³-hybridized carbons (Fsp3) is 0.185. The molecule has 0 saturated carbocycles. The Hall–Kier alpha value is -3.61. The highest BCUT2D eigenvalue weighted by Gasteiger charge is 2.17. The Morgan fingerprint density at radius 3 is 2.38 bits per heavy atom. The Labute approximate surface area is 241 Å². The number of morpholine rings is 1. The van der Waals surface area contributed by atoms with Crippen LogP contribution in [0.25, 0.3) is 0 Å². The van der Waals surface area contributed by atoms with Crippen molar-refractivity contribution in [1.29, 1.82) is 0 Å². The molecule has 1 aliphatic heterocycles. The van der Waals surface area contributed by atoms with Crippen molar-refractivity contribution in [3.05, 3.63) is 92.6 Å². The summed E-state index contributed by atoms with van der Waals surface area (Å²) in [6.07, 6.45) is 1.64. The fourth-order valence-corrected chi connectivity index (χ4v) is 5.20. The number of nitrogens with zero attached hydrogens (tertiary/aromatic N) is 5. The van der Waals surface area contributed by atoms with E-state index in [1.54, 1.807) is 24.4 Å². The van der Waals surface area contributed by atoms with Crippen LogP contribution in [-0.4, -0.2) is 47.5 Å². The molecule has 0 atom stereocenters. The molecule has 3 aromatic carbocycles. The van der Waals surface area contributed by atoms with E-state index in [0.717, 1.165) is 11.3 Å². The quantitative estimate of drug-likeness (QED) is 0.164. The summed E-state index contributed by atoms with van der Waals surface area (Å²) in [6, 6.07) is 19.9. The van der Waals surface area contributed by atoms with Crippen LogP contribution in [0.4, 0.5) is 27.9 Å². The zero-order valence-corrected chi connectivity index (χ0v) is 23.8. The van der Waals surface area contributed by atoms with Crippen LogP contribution in [0.15, 0.2) is 80.8 Å². The van der Waals surface area contributed by atoms with Gasteiger partial charge < -0.3 is 19.7 Å². The molecule has 200 valence electrons. The van der Waals surface area contributed by atoms with Gasteiger partial charge in [-0.1, -0.05) is 36.4 Å². The summed E-state index contributed by atoms with van der Waals surface area (Å²) in [5, 5.41) is 7.55. The number of ether oxygens (including phenoxy) is 2. The number of aromatic nitrogens is 3. The third kappa shape index (κ3) is 7.28. The summed E-state index contributed by atoms with van der Waals surface area (Å²) >= 11 is 7.07. The average molecular weight is 657 g/mol. The highest BCUT2D eigenvalue weighted by molar-refractivity contribution is 9.11. The Balaban J connectivity index is 1.30. The van der Waals surface area contributed by atoms with Crippen molar-refractivity contribution in [3.63, 3.8) is 0 Å². The van der Waals surface area contributed by atoms with E-state index in [-0.39, 0.29) is 12.4 Å². The first kappa shape index (κ1) is 27.0. The van der Waals surface area contributed by atoms with Crippen molar-refractivity contribution < 1.29 is 13.9 Å². The van der Waals surface area contributed by atoms with E-state index in [1.807, 2.05) is 47.4 Å². The summed E-state index contributed by atoms with van der Waals surface area (Å²) in [7, 11) is 0. The van der Waals surface area contributed by atoms with Gasteiger partial charge in [-0.2, -0.15) is 20.1 Å². The lowest BCUT2D eigenvalue weighted by molar-refractivity contribution is 0.122. The Morgan fingerprint density at radius 1 is 0.949 bits per heavy atom. The molecule has 0 aliphatic carbocycles. The number of halogens is 3. The molecule has 0 radical (unpaired) electrons. The number of rotatable bonds is 9. The minimum atomic E-state index is -0.309. The second-order valence-electron chi connectivity index (χ2n) is 8.44. The summed E-state index contributed by atoms with van der Waals surface area (Å²) in [4.78, 5) is 15.7. The first-order chi connectivity index (χ1) is 19.0. The maximum Gasteiger partial charge on any atom is 0.250 e. The maximum atomic E-state index is 13.9. The number of para-hydroxylation sites is 1. The highest BCUT2D eigenvalue weighted by Crippen LogP contribution is 2.35. The van der Waals surface area contributed by atoms with Crippen LogP contribution in [0.1, 0.15) is 11.1 Å². The van der Waals surface area contributed by atoms with Gasteiger partial charge in [0.25, 0.3) is 0 Å². The monoisotopic (exact) mass is 655 g/mol. The van der Waals surface area contributed by atoms with Gasteiger partial charge in [0, 0.05) is 24.3 Å². The molecule has 0 bridgehead atoms. The Bertz CT molecular complexity index is 1430. The van der Waals surface area contributed by atoms with Gasteiger partial charge in [-0.05, 0) is 67.8 Å². The molecule has 0 unspecified atom stereocenters. The fourth-order valence-electron chi connectivity index (χ4n) is 3.75. The van der Waals surface area contributed by atoms with Crippen LogP contribution in [0.3, 0.4) is 0 Å². The number of benzene rings is 3. The molecule has 9 nitrogen and oxygen atoms in total. The lowest BCUT2D eigenvalue weighted by Crippen LogP contribution is -2.37. The molecule has 1 fully saturated rings. The topological polar surface area (TPSA) is 96.8 Å². The smallest absolute Gasteiger partial charge is 0.250 e. The number of nitrogens with one attached hydrogen (secondary N) is 2. The van der Waals surface area contributed by atoms with Gasteiger partial charge in [0.1, 0.15) is 18.2 Å². The van der Waals surface area contributed by atoms with Gasteiger partial charge in [0.15, 0.2) is 0 Å². The van der Waals surface area contributed by atoms with Crippen molar-refractivity contribution in [2.24, 2.45) is 5.10 Å². The summed E-state index contributed by atoms with van der Waals surface area (Å²) in [5.74, 6) is 1.48. The van der Waals surface area contributed by atoms with E-state index < -0.39 is 0 Å². The van der Waals surface area contributed by atoms with Crippen LogP contribution < -0.4 is 20.4 Å². The maximum absolute atomic E-state index is 13.9. The van der Waals surface area contributed by atoms with Crippen molar-refractivity contribution in [2.45, 2.75) is 6.61 Å². The van der Waals surface area contributed by atoms with Gasteiger partial charge in [-0.3, -0.25) is 0 Å². The molecular weight excluding hydrogens is 633 g/mol. The lowest BCUT2D eigenvalue weighted by Gasteiger charge is -2.27. The molecule has 4 aromatic rings. The van der Waals surface area contributed by atoms with E-state index in [1.165, 1.54) is 6.07 Å². The van der Waals surface area contributed by atoms with E-state index in [0.29, 0.717) is 64.4 Å². The molecule has 39 heavy (non-hydrogen) atoms. The lowest BCUT2D eigenvalue weighted by atomic mass is 10.2. The third-order valence-electron chi connectivity index (χ3n) is 5.68. The van der Waals surface area contributed by atoms with Gasteiger partial charge >= 0.3 is 0 Å². The van der Waals surface area contributed by atoms with Crippen molar-refractivity contribution in [2.75, 3.05) is 41.9 Å². The standard InChI is InChI=1S/C27H24Br2FN7O2/c28-21-14-18(15-22(29)24(21)39-17-19-6-4-5-9-23(19)30)16-31-36-26-33-25(32-20-7-2-1-3-8-20)34-27(35-26)37-10-12-38-13-11-37/h1-9,14-16H,10-13,17H2,(H2,32,33,34,35,36)/b31-16+. The zero-order valence-electron chi connectivity index (χ0n) is 20.7. The molecule has 1 saturated heterocycles. The van der Waals surface area contributed by atoms with E-state index in [4.69, 9.17) is 9.47 Å². The largest absolute Gasteiger partial charge is 0.486 e. The van der Waals surface area contributed by atoms with Gasteiger partial charge in [0.05, 0.1) is 28.4 Å². The molecule has 2 heterocycles. The molecule has 0 spiro atoms. The molecule has 5 rings (SSSR count). The zero-order chi connectivity index (χ0) is 27.0. The first-order valence-corrected chi connectivity index (χ1v) is 13.7. The van der Waals surface area contributed by atoms with Crippen LogP contribution in [0.2, 0.25) is 0 Å². The van der Waals surface area contributed by atoms with Crippen LogP contribution >= 0.6 is 31.9 Å². The first-order valence-electron chi connectivity index (χ1n) is 12.1. The van der Waals surface area contributed by atoms with Crippen molar-refractivity contribution >= 4 is 61.6 Å². The molecule has 1 aliphatic rings. The molecule has 1 aromatic heterocycles. The summed E-state index contributed by atoms with van der Waals surface area (Å²) in [5.41, 5.74) is 5.03. The SMILES string of the molecule is Fc1ccccc1COc1c(Br)cc(/C=N/Nc2nc(Nc3ccccc3)nc(N3CCOCC3)n2)cc1Br. The minimum Gasteiger partial charge on any atom is -0.486 e. The normalized spacial score (nSPS) is 13.5. The summed E-state index contributed by atoms with van der Waals surface area (Å²) in [6.45, 7) is 2.69. The average Bonchev–Trinajstić information content (AvgIpc) is 2.94. The van der Waals surface area contributed by atoms with Crippen LogP contribution in [0.5, 0.6) is 5.75 Å². The second-order valence-corrected chi connectivity index (χ2v) is 10.1. The second kappa shape index (κ2) is 13.0. The molecule has 0 amide bonds. The molecule has 2 N–H and O–H groups in total. The van der Waals surface area contributed by atoms with E-state index in [2.05, 4.69) is 62.7 Å². The number of hydrazone groups is 1. The van der Waals surface area contributed by atoms with Crippen molar-refractivity contribution in [3.8, 4) is 5.75 Å². The number of hydrogen-bond donors (Lipinski definition) is 2. The Morgan fingerprint density at radius 2 is 1.64 bits per heavy atom. The van der Waals surface area contributed by atoms with Gasteiger partial charge in [0.2, 0.25) is 17.8 Å². The number of hydrogen-bond acceptors (Lipinski definition) is 9. The summed E-state index contributed by atoms with van der Waals surface area (Å²) < 4.78 is 26.6. The van der Waals surface area contributed by atoms with Gasteiger partial charge in [-0.15, -0.1) is 0 Å². The minimum absolute atomic E-state index is 0.100. The number of anilines is 4. The third-order valence-corrected chi connectivity index (χ3v) is 6.85. The predicted octanol–water partition coefficient (Wildman–Crippen LogP) is 6.14. The van der Waals surface area contributed by atoms with E-state index >= 15 is 0 Å². The van der Waals surface area contributed by atoms with Crippen LogP contribution in [-0.2, 0) is 11.3 Å². The van der Waals surface area contributed by atoms with Crippen molar-refractivity contribution in [1.82, 2.24) is 15.0 Å². The highest BCUT2D eigenvalue weighted by atomic mass is 79.9. The van der Waals surface area contributed by atoms with Crippen LogP contribution in [0, 0.1) is 5.82 Å². The van der Waals surface area contributed by atoms with E-state index in [9.17, 15) is 4.39 Å². The molecular formula is C27H24Br2FN7O2. The Kier molecular flexibility index (Phi) is 8.96. The van der Waals surface area contributed by atoms with Gasteiger partial charge in [-0.25, -0.2) is 9.82 Å². The predicted molar refractivity (Wildman–Crippen MR) is 156 cm³/mol. The molecule has 12 heteroatoms.